The maximum atomic E-state index is 10.0. The van der Waals surface area contributed by atoms with Crippen LogP contribution in [0.5, 0.6) is 11.5 Å². The lowest BCUT2D eigenvalue weighted by Crippen LogP contribution is -2.33. The van der Waals surface area contributed by atoms with Crippen molar-refractivity contribution in [1.82, 2.24) is 4.90 Å². The Hall–Kier alpha value is -1.26. The molecule has 0 radical (unpaired) electrons. The number of ether oxygens (including phenoxy) is 1. The van der Waals surface area contributed by atoms with Crippen LogP contribution in [0.4, 0.5) is 0 Å². The molecule has 1 aliphatic heterocycles. The van der Waals surface area contributed by atoms with Gasteiger partial charge in [0.05, 0.1) is 12.7 Å². The molecule has 0 unspecified atom stereocenters. The third-order valence-electron chi connectivity index (χ3n) is 3.92. The van der Waals surface area contributed by atoms with E-state index in [1.54, 1.807) is 19.2 Å². The predicted molar refractivity (Wildman–Crippen MR) is 74.3 cm³/mol. The summed E-state index contributed by atoms with van der Waals surface area (Å²) in [6.07, 6.45) is 1.02. The minimum atomic E-state index is -0.614. The first-order valence-electron chi connectivity index (χ1n) is 6.71. The lowest BCUT2D eigenvalue weighted by molar-refractivity contribution is 0.0208. The zero-order chi connectivity index (χ0) is 14.0. The van der Waals surface area contributed by atoms with Crippen molar-refractivity contribution in [1.29, 1.82) is 0 Å². The molecule has 0 aromatic heterocycles. The molecule has 2 N–H and O–H groups in total. The zero-order valence-corrected chi connectivity index (χ0v) is 11.9. The van der Waals surface area contributed by atoms with E-state index in [-0.39, 0.29) is 5.75 Å². The smallest absolute Gasteiger partial charge is 0.160 e. The number of aromatic hydroxyl groups is 1. The van der Waals surface area contributed by atoms with Gasteiger partial charge in [-0.05, 0) is 44.5 Å². The van der Waals surface area contributed by atoms with E-state index in [0.29, 0.717) is 11.7 Å². The Kier molecular flexibility index (Phi) is 4.02. The molecule has 4 nitrogen and oxygen atoms in total. The Morgan fingerprint density at radius 3 is 2.68 bits per heavy atom. The highest BCUT2D eigenvalue weighted by molar-refractivity contribution is 5.41. The van der Waals surface area contributed by atoms with Gasteiger partial charge in [-0.15, -0.1) is 0 Å². The monoisotopic (exact) mass is 265 g/mol. The fraction of sp³-hybridized carbons (Fsp3) is 0.600. The van der Waals surface area contributed by atoms with Crippen LogP contribution in [0.25, 0.3) is 0 Å². The SMILES string of the molecule is COc1ccc(CN2CC[C@@H](C(C)(C)O)C2)cc1O. The first kappa shape index (κ1) is 14.2. The van der Waals surface area contributed by atoms with Crippen LogP contribution in [-0.4, -0.2) is 40.9 Å². The summed E-state index contributed by atoms with van der Waals surface area (Å²) in [5.41, 5.74) is 0.450. The average Bonchev–Trinajstić information content (AvgIpc) is 2.77. The maximum absolute atomic E-state index is 10.0. The van der Waals surface area contributed by atoms with Crippen LogP contribution in [0.2, 0.25) is 0 Å². The number of hydrogen-bond donors (Lipinski definition) is 2. The van der Waals surface area contributed by atoms with Crippen molar-refractivity contribution in [2.75, 3.05) is 20.2 Å². The molecule has 0 bridgehead atoms. The fourth-order valence-electron chi connectivity index (χ4n) is 2.65. The number of phenols is 1. The van der Waals surface area contributed by atoms with Gasteiger partial charge in [-0.25, -0.2) is 0 Å². The fourth-order valence-corrected chi connectivity index (χ4v) is 2.65. The highest BCUT2D eigenvalue weighted by atomic mass is 16.5. The average molecular weight is 265 g/mol. The second kappa shape index (κ2) is 5.39. The number of phenolic OH excluding ortho intramolecular Hbond substituents is 1. The zero-order valence-electron chi connectivity index (χ0n) is 11.9. The van der Waals surface area contributed by atoms with Gasteiger partial charge in [0.2, 0.25) is 0 Å². The van der Waals surface area contributed by atoms with Gasteiger partial charge in [0.15, 0.2) is 11.5 Å². The summed E-state index contributed by atoms with van der Waals surface area (Å²) in [5.74, 6) is 0.997. The molecule has 0 spiro atoms. The van der Waals surface area contributed by atoms with Crippen LogP contribution < -0.4 is 4.74 Å². The van der Waals surface area contributed by atoms with E-state index in [1.165, 1.54) is 0 Å². The van der Waals surface area contributed by atoms with Gasteiger partial charge < -0.3 is 14.9 Å². The van der Waals surface area contributed by atoms with Crippen molar-refractivity contribution in [2.24, 2.45) is 5.92 Å². The van der Waals surface area contributed by atoms with Gasteiger partial charge in [-0.1, -0.05) is 6.07 Å². The molecule has 0 saturated carbocycles. The predicted octanol–water partition coefficient (Wildman–Crippen LogP) is 1.99. The van der Waals surface area contributed by atoms with Gasteiger partial charge in [-0.2, -0.15) is 0 Å². The Balaban J connectivity index is 1.98. The van der Waals surface area contributed by atoms with Crippen LogP contribution in [-0.2, 0) is 6.54 Å². The summed E-state index contributed by atoms with van der Waals surface area (Å²) in [6.45, 7) is 6.43. The summed E-state index contributed by atoms with van der Waals surface area (Å²) < 4.78 is 5.04. The van der Waals surface area contributed by atoms with Gasteiger partial charge in [0.25, 0.3) is 0 Å². The number of hydrogen-bond acceptors (Lipinski definition) is 4. The van der Waals surface area contributed by atoms with E-state index in [1.807, 2.05) is 19.9 Å². The quantitative estimate of drug-likeness (QED) is 0.874. The van der Waals surface area contributed by atoms with Crippen molar-refractivity contribution in [3.05, 3.63) is 23.8 Å². The number of nitrogens with zero attached hydrogens (tertiary/aromatic N) is 1. The summed E-state index contributed by atoms with van der Waals surface area (Å²) in [4.78, 5) is 2.31. The maximum Gasteiger partial charge on any atom is 0.160 e. The lowest BCUT2D eigenvalue weighted by Gasteiger charge is -2.25. The molecule has 1 fully saturated rings. The van der Waals surface area contributed by atoms with Crippen LogP contribution in [0.15, 0.2) is 18.2 Å². The molecule has 1 aromatic carbocycles. The summed E-state index contributed by atoms with van der Waals surface area (Å²) in [7, 11) is 1.54. The van der Waals surface area contributed by atoms with E-state index >= 15 is 0 Å². The van der Waals surface area contributed by atoms with E-state index in [0.717, 1.165) is 31.6 Å². The topological polar surface area (TPSA) is 52.9 Å². The Morgan fingerprint density at radius 2 is 2.16 bits per heavy atom. The number of rotatable bonds is 4. The molecule has 4 heteroatoms. The van der Waals surface area contributed by atoms with Crippen molar-refractivity contribution >= 4 is 0 Å². The molecule has 1 heterocycles. The highest BCUT2D eigenvalue weighted by Crippen LogP contribution is 2.30. The van der Waals surface area contributed by atoms with Crippen molar-refractivity contribution in [3.63, 3.8) is 0 Å². The van der Waals surface area contributed by atoms with Crippen molar-refractivity contribution < 1.29 is 14.9 Å². The standard InChI is InChI=1S/C15H23NO3/c1-15(2,18)12-6-7-16(10-12)9-11-4-5-14(19-3)13(17)8-11/h4-5,8,12,17-18H,6-7,9-10H2,1-3H3/t12-/m1/s1. The van der Waals surface area contributed by atoms with Gasteiger partial charge in [0.1, 0.15) is 0 Å². The number of aliphatic hydroxyl groups is 1. The molecule has 0 aliphatic carbocycles. The normalized spacial score (nSPS) is 20.7. The number of methoxy groups -OCH3 is 1. The second-order valence-electron chi connectivity index (χ2n) is 5.88. The van der Waals surface area contributed by atoms with Crippen LogP contribution in [0, 0.1) is 5.92 Å². The van der Waals surface area contributed by atoms with E-state index < -0.39 is 5.60 Å². The van der Waals surface area contributed by atoms with Crippen LogP contribution >= 0.6 is 0 Å². The third-order valence-corrected chi connectivity index (χ3v) is 3.92. The Morgan fingerprint density at radius 1 is 1.42 bits per heavy atom. The Labute approximate surface area is 114 Å². The van der Waals surface area contributed by atoms with E-state index in [9.17, 15) is 10.2 Å². The minimum Gasteiger partial charge on any atom is -0.504 e. The van der Waals surface area contributed by atoms with Crippen LogP contribution in [0.3, 0.4) is 0 Å². The first-order chi connectivity index (χ1) is 8.90. The molecular formula is C15H23NO3. The van der Waals surface area contributed by atoms with Crippen molar-refractivity contribution in [3.8, 4) is 11.5 Å². The highest BCUT2D eigenvalue weighted by Gasteiger charge is 2.33. The molecule has 19 heavy (non-hydrogen) atoms. The number of likely N-dealkylation sites (tertiary alicyclic amines) is 1. The molecule has 1 atom stereocenters. The summed E-state index contributed by atoms with van der Waals surface area (Å²) in [5, 5.41) is 19.8. The van der Waals surface area contributed by atoms with Crippen molar-refractivity contribution in [2.45, 2.75) is 32.4 Å². The van der Waals surface area contributed by atoms with Gasteiger partial charge in [-0.3, -0.25) is 4.90 Å². The van der Waals surface area contributed by atoms with Gasteiger partial charge >= 0.3 is 0 Å². The molecule has 2 rings (SSSR count). The van der Waals surface area contributed by atoms with E-state index in [4.69, 9.17) is 4.74 Å². The second-order valence-corrected chi connectivity index (χ2v) is 5.88. The van der Waals surface area contributed by atoms with Crippen LogP contribution in [0.1, 0.15) is 25.8 Å². The molecular weight excluding hydrogens is 242 g/mol. The largest absolute Gasteiger partial charge is 0.504 e. The first-order valence-corrected chi connectivity index (χ1v) is 6.71. The molecule has 1 aliphatic rings. The van der Waals surface area contributed by atoms with E-state index in [2.05, 4.69) is 4.90 Å². The van der Waals surface area contributed by atoms with Gasteiger partial charge in [0, 0.05) is 19.0 Å². The lowest BCUT2D eigenvalue weighted by atomic mass is 9.90. The molecule has 106 valence electrons. The summed E-state index contributed by atoms with van der Waals surface area (Å²) >= 11 is 0. The molecule has 1 aromatic rings. The Bertz CT molecular complexity index is 440. The summed E-state index contributed by atoms with van der Waals surface area (Å²) in [6, 6.07) is 5.50. The number of benzene rings is 1. The molecule has 1 saturated heterocycles. The molecule has 0 amide bonds. The third kappa shape index (κ3) is 3.39. The minimum absolute atomic E-state index is 0.179.